The van der Waals surface area contributed by atoms with Gasteiger partial charge in [-0.2, -0.15) is 0 Å². The zero-order chi connectivity index (χ0) is 19.7. The van der Waals surface area contributed by atoms with E-state index in [1.807, 2.05) is 31.2 Å². The van der Waals surface area contributed by atoms with Gasteiger partial charge in [0.25, 0.3) is 0 Å². The molecule has 0 radical (unpaired) electrons. The quantitative estimate of drug-likeness (QED) is 0.647. The van der Waals surface area contributed by atoms with Crippen molar-refractivity contribution in [3.63, 3.8) is 0 Å². The van der Waals surface area contributed by atoms with E-state index in [1.165, 1.54) is 25.3 Å². The summed E-state index contributed by atoms with van der Waals surface area (Å²) in [6.45, 7) is 3.50. The van der Waals surface area contributed by atoms with Crippen LogP contribution in [0.4, 0.5) is 0 Å². The maximum absolute atomic E-state index is 12.1. The lowest BCUT2D eigenvalue weighted by atomic mass is 10.1. The fourth-order valence-corrected chi connectivity index (χ4v) is 3.10. The molecule has 1 amide bonds. The minimum atomic E-state index is -3.46. The summed E-state index contributed by atoms with van der Waals surface area (Å²) in [4.78, 5) is 12.2. The van der Waals surface area contributed by atoms with Gasteiger partial charge in [-0.15, -0.1) is 0 Å². The number of carbonyl (C=O) groups excluding carboxylic acids is 1. The highest BCUT2D eigenvalue weighted by molar-refractivity contribution is 7.89. The Morgan fingerprint density at radius 3 is 2.37 bits per heavy atom. The van der Waals surface area contributed by atoms with E-state index >= 15 is 0 Å². The number of hydrogen-bond donors (Lipinski definition) is 2. The molecule has 27 heavy (non-hydrogen) atoms. The number of ether oxygens (including phenoxy) is 1. The molecule has 0 bridgehead atoms. The van der Waals surface area contributed by atoms with E-state index in [1.54, 1.807) is 18.2 Å². The lowest BCUT2D eigenvalue weighted by molar-refractivity contribution is -0.116. The van der Waals surface area contributed by atoms with Gasteiger partial charge >= 0.3 is 0 Å². The van der Waals surface area contributed by atoms with Crippen molar-refractivity contribution in [3.05, 3.63) is 71.3 Å². The molecule has 2 N–H and O–H groups in total. The third-order valence-corrected chi connectivity index (χ3v) is 5.35. The van der Waals surface area contributed by atoms with Crippen LogP contribution in [0, 0.1) is 0 Å². The summed E-state index contributed by atoms with van der Waals surface area (Å²) in [6, 6.07) is 14.1. The van der Waals surface area contributed by atoms with Crippen LogP contribution in [0.3, 0.4) is 0 Å². The second-order valence-corrected chi connectivity index (χ2v) is 7.62. The molecular weight excluding hydrogens is 364 g/mol. The smallest absolute Gasteiger partial charge is 0.244 e. The standard InChI is InChI=1S/C20H24N2O4S/c1-3-26-15-18-7-5-4-6-17(18)14-22-20(23)13-10-16-8-11-19(12-9-16)27(24,25)21-2/h4-13,21H,3,14-15H2,1-2H3,(H,22,23)/b13-10+. The Bertz CT molecular complexity index is 890. The molecule has 0 heterocycles. The molecule has 0 aliphatic carbocycles. The molecule has 0 aromatic heterocycles. The molecule has 0 atom stereocenters. The summed E-state index contributed by atoms with van der Waals surface area (Å²) < 4.78 is 31.1. The van der Waals surface area contributed by atoms with Gasteiger partial charge in [-0.05, 0) is 48.9 Å². The topological polar surface area (TPSA) is 84.5 Å². The van der Waals surface area contributed by atoms with Gasteiger partial charge in [0.2, 0.25) is 15.9 Å². The lowest BCUT2D eigenvalue weighted by Gasteiger charge is -2.09. The van der Waals surface area contributed by atoms with Gasteiger partial charge in [0.15, 0.2) is 0 Å². The van der Waals surface area contributed by atoms with Crippen LogP contribution >= 0.6 is 0 Å². The molecule has 0 aliphatic rings. The number of benzene rings is 2. The number of rotatable bonds is 9. The SMILES string of the molecule is CCOCc1ccccc1CNC(=O)/C=C/c1ccc(S(=O)(=O)NC)cc1. The second kappa shape index (κ2) is 10.0. The van der Waals surface area contributed by atoms with Crippen LogP contribution in [0.1, 0.15) is 23.6 Å². The Hall–Kier alpha value is -2.48. The molecule has 0 fully saturated rings. The second-order valence-electron chi connectivity index (χ2n) is 5.73. The first kappa shape index (κ1) is 20.8. The first-order valence-electron chi connectivity index (χ1n) is 8.60. The van der Waals surface area contributed by atoms with Crippen molar-refractivity contribution in [1.29, 1.82) is 0 Å². The van der Waals surface area contributed by atoms with Crippen molar-refractivity contribution in [3.8, 4) is 0 Å². The van der Waals surface area contributed by atoms with E-state index in [-0.39, 0.29) is 10.8 Å². The van der Waals surface area contributed by atoms with Crippen molar-refractivity contribution in [2.45, 2.75) is 25.0 Å². The van der Waals surface area contributed by atoms with E-state index < -0.39 is 10.0 Å². The first-order valence-corrected chi connectivity index (χ1v) is 10.1. The molecule has 0 aliphatic heterocycles. The van der Waals surface area contributed by atoms with E-state index in [2.05, 4.69) is 10.0 Å². The molecular formula is C20H24N2O4S. The average Bonchev–Trinajstić information content (AvgIpc) is 2.70. The summed E-state index contributed by atoms with van der Waals surface area (Å²) in [5, 5.41) is 2.84. The minimum Gasteiger partial charge on any atom is -0.377 e. The van der Waals surface area contributed by atoms with E-state index in [9.17, 15) is 13.2 Å². The van der Waals surface area contributed by atoms with Crippen LogP contribution in [-0.4, -0.2) is 28.0 Å². The number of hydrogen-bond acceptors (Lipinski definition) is 4. The Balaban J connectivity index is 1.94. The van der Waals surface area contributed by atoms with Crippen molar-refractivity contribution < 1.29 is 17.9 Å². The van der Waals surface area contributed by atoms with Gasteiger partial charge in [-0.3, -0.25) is 4.79 Å². The predicted octanol–water partition coefficient (Wildman–Crippen LogP) is 2.46. The Labute approximate surface area is 160 Å². The monoisotopic (exact) mass is 388 g/mol. The molecule has 0 unspecified atom stereocenters. The number of nitrogens with one attached hydrogen (secondary N) is 2. The van der Waals surface area contributed by atoms with Crippen molar-refractivity contribution >= 4 is 22.0 Å². The zero-order valence-corrected chi connectivity index (χ0v) is 16.3. The van der Waals surface area contributed by atoms with E-state index in [0.717, 1.165) is 16.7 Å². The van der Waals surface area contributed by atoms with Crippen molar-refractivity contribution in [1.82, 2.24) is 10.0 Å². The normalized spacial score (nSPS) is 11.6. The maximum Gasteiger partial charge on any atom is 0.244 e. The van der Waals surface area contributed by atoms with E-state index in [4.69, 9.17) is 4.74 Å². The largest absolute Gasteiger partial charge is 0.377 e. The van der Waals surface area contributed by atoms with Gasteiger partial charge in [0, 0.05) is 19.2 Å². The number of carbonyl (C=O) groups is 1. The Morgan fingerprint density at radius 1 is 1.07 bits per heavy atom. The predicted molar refractivity (Wildman–Crippen MR) is 105 cm³/mol. The first-order chi connectivity index (χ1) is 13.0. The third kappa shape index (κ3) is 6.32. The average molecular weight is 388 g/mol. The lowest BCUT2D eigenvalue weighted by Crippen LogP contribution is -2.21. The van der Waals surface area contributed by atoms with Gasteiger partial charge in [0.1, 0.15) is 0 Å². The number of amides is 1. The van der Waals surface area contributed by atoms with Crippen LogP contribution in [0.25, 0.3) is 6.08 Å². The van der Waals surface area contributed by atoms with Gasteiger partial charge in [-0.25, -0.2) is 13.1 Å². The highest BCUT2D eigenvalue weighted by Gasteiger charge is 2.09. The molecule has 6 nitrogen and oxygen atoms in total. The van der Waals surface area contributed by atoms with Crippen LogP contribution < -0.4 is 10.0 Å². The fourth-order valence-electron chi connectivity index (χ4n) is 2.37. The molecule has 7 heteroatoms. The summed E-state index contributed by atoms with van der Waals surface area (Å²) in [5.41, 5.74) is 2.79. The van der Waals surface area contributed by atoms with Crippen molar-refractivity contribution in [2.24, 2.45) is 0 Å². The van der Waals surface area contributed by atoms with Crippen LogP contribution in [0.15, 0.2) is 59.5 Å². The van der Waals surface area contributed by atoms with E-state index in [0.29, 0.717) is 19.8 Å². The van der Waals surface area contributed by atoms with Gasteiger partial charge < -0.3 is 10.1 Å². The fraction of sp³-hybridized carbons (Fsp3) is 0.250. The molecule has 0 saturated heterocycles. The van der Waals surface area contributed by atoms with Crippen LogP contribution in [0.5, 0.6) is 0 Å². The Kier molecular flexibility index (Phi) is 7.72. The summed E-state index contributed by atoms with van der Waals surface area (Å²) in [7, 11) is -2.10. The zero-order valence-electron chi connectivity index (χ0n) is 15.4. The molecule has 2 rings (SSSR count). The molecule has 2 aromatic carbocycles. The summed E-state index contributed by atoms with van der Waals surface area (Å²) >= 11 is 0. The highest BCUT2D eigenvalue weighted by Crippen LogP contribution is 2.12. The third-order valence-electron chi connectivity index (χ3n) is 3.92. The molecule has 0 spiro atoms. The van der Waals surface area contributed by atoms with Crippen LogP contribution in [-0.2, 0) is 32.7 Å². The van der Waals surface area contributed by atoms with Crippen molar-refractivity contribution in [2.75, 3.05) is 13.7 Å². The minimum absolute atomic E-state index is 0.178. The van der Waals surface area contributed by atoms with Gasteiger partial charge in [0.05, 0.1) is 11.5 Å². The molecule has 144 valence electrons. The Morgan fingerprint density at radius 2 is 1.74 bits per heavy atom. The molecule has 2 aromatic rings. The summed E-state index contributed by atoms with van der Waals surface area (Å²) in [5.74, 6) is -0.229. The highest BCUT2D eigenvalue weighted by atomic mass is 32.2. The van der Waals surface area contributed by atoms with Gasteiger partial charge in [-0.1, -0.05) is 36.4 Å². The summed E-state index contributed by atoms with van der Waals surface area (Å²) in [6.07, 6.45) is 3.06. The molecule has 0 saturated carbocycles. The van der Waals surface area contributed by atoms with Crippen LogP contribution in [0.2, 0.25) is 0 Å². The number of sulfonamides is 1. The maximum atomic E-state index is 12.1.